The first-order chi connectivity index (χ1) is 38.4. The number of nitrogens with one attached hydrogen (secondary N) is 3. The molecule has 4 aromatic carbocycles. The Morgan fingerprint density at radius 3 is 1.82 bits per heavy atom. The number of hydrogen-bond donors (Lipinski definition) is 4. The summed E-state index contributed by atoms with van der Waals surface area (Å²) in [5, 5.41) is 11.5. The first-order valence-corrected chi connectivity index (χ1v) is 31.1. The first kappa shape index (κ1) is 63.4. The molecule has 2 heterocycles. The SMILES string of the molecule is CC[C@H](C)[C@@H]([C@@H](CC(=O)N1CCC[C@H]1[C@H](OC)[C@H](C)C(=O)N[C@H](C[SH]1C=NC(C(=O)NCCSC(c2ccccc2)(c2ccccc2)c2ccccc2)=C1)c1ccccc1)OC)N(C)C(=O)[C@@H](NC(=O)[C@H](C(C)C)N(C)C)C(C)C. The summed E-state index contributed by atoms with van der Waals surface area (Å²) in [5.41, 5.74) is 6.61. The van der Waals surface area contributed by atoms with Crippen LogP contribution >= 0.6 is 22.7 Å². The molecule has 0 aliphatic carbocycles. The maximum atomic E-state index is 14.6. The van der Waals surface area contributed by atoms with Crippen LogP contribution in [0, 0.1) is 23.7 Å². The summed E-state index contributed by atoms with van der Waals surface area (Å²) < 4.78 is 11.8. The minimum atomic E-state index is -1.03. The number of carbonyl (C=O) groups is 5. The summed E-state index contributed by atoms with van der Waals surface area (Å²) >= 11 is 1.79. The fraction of sp³-hybridized carbons (Fsp3) is 0.500. The number of benzene rings is 4. The van der Waals surface area contributed by atoms with Crippen molar-refractivity contribution in [3.05, 3.63) is 155 Å². The van der Waals surface area contributed by atoms with E-state index in [1.807, 2.05) is 118 Å². The van der Waals surface area contributed by atoms with Crippen LogP contribution in [0.25, 0.3) is 0 Å². The maximum absolute atomic E-state index is 14.6. The Balaban J connectivity index is 1.10. The molecule has 1 unspecified atom stereocenters. The predicted molar refractivity (Wildman–Crippen MR) is 328 cm³/mol. The zero-order chi connectivity index (χ0) is 58.1. The fourth-order valence-corrected chi connectivity index (χ4v) is 14.8. The van der Waals surface area contributed by atoms with Crippen molar-refractivity contribution >= 4 is 57.7 Å². The van der Waals surface area contributed by atoms with Crippen molar-refractivity contribution in [2.45, 2.75) is 121 Å². The standard InChI is InChI=1S/C64H89N7O7S2/c1-13-45(6)58(70(10)63(76)56(43(2)3)68-62(75)57(44(4)5)69(8)9)54(77-11)39-55(72)71-37-26-35-53(71)59(78-12)46(7)60(73)67-51(47-27-18-14-19-28-47)40-80-41-52(66-42-80)61(74)65-36-38-79-64(48-29-20-15-21-30-48,49-31-22-16-23-32-49)50-33-24-17-25-34-50/h14-25,27-34,41-46,51,53-54,56-59,80H,13,26,35-40H2,1-12H3,(H,65,74)(H,67,73)(H,68,75)/t45-,46-,51+,53-,54+,56-,57-,58-,59+/m0/s1. The van der Waals surface area contributed by atoms with E-state index in [2.05, 4.69) is 108 Å². The van der Waals surface area contributed by atoms with E-state index in [1.54, 1.807) is 37.9 Å². The van der Waals surface area contributed by atoms with Crippen molar-refractivity contribution in [1.82, 2.24) is 30.7 Å². The highest BCUT2D eigenvalue weighted by Crippen LogP contribution is 2.48. The van der Waals surface area contributed by atoms with E-state index in [0.717, 1.165) is 35.1 Å². The molecular weight excluding hydrogens is 1040 g/mol. The number of thioether (sulfide) groups is 1. The van der Waals surface area contributed by atoms with Gasteiger partial charge in [0.25, 0.3) is 5.91 Å². The normalized spacial score (nSPS) is 18.9. The number of hydrogen-bond acceptors (Lipinski definition) is 10. The molecule has 5 amide bonds. The van der Waals surface area contributed by atoms with Gasteiger partial charge in [-0.3, -0.25) is 28.9 Å². The van der Waals surface area contributed by atoms with E-state index in [-0.39, 0.29) is 59.8 Å². The van der Waals surface area contributed by atoms with Gasteiger partial charge >= 0.3 is 0 Å². The van der Waals surface area contributed by atoms with E-state index >= 15 is 0 Å². The van der Waals surface area contributed by atoms with Crippen molar-refractivity contribution < 1.29 is 33.4 Å². The third kappa shape index (κ3) is 15.6. The average molecular weight is 1130 g/mol. The highest BCUT2D eigenvalue weighted by Gasteiger charge is 2.44. The molecule has 16 heteroatoms. The number of amides is 5. The van der Waals surface area contributed by atoms with Gasteiger partial charge in [-0.15, -0.1) is 11.8 Å². The number of likely N-dealkylation sites (tertiary alicyclic amines) is 1. The lowest BCUT2D eigenvalue weighted by molar-refractivity contribution is -0.148. The molecule has 0 aromatic heterocycles. The molecule has 10 atom stereocenters. The number of aliphatic imine (C=N–C) groups is 1. The van der Waals surface area contributed by atoms with Crippen LogP contribution < -0.4 is 16.0 Å². The van der Waals surface area contributed by atoms with Gasteiger partial charge in [-0.1, -0.05) is 176 Å². The number of carbonyl (C=O) groups excluding carboxylic acids is 5. The summed E-state index contributed by atoms with van der Waals surface area (Å²) in [4.78, 5) is 81.0. The Morgan fingerprint density at radius 2 is 1.32 bits per heavy atom. The Kier molecular flexibility index (Phi) is 24.0. The van der Waals surface area contributed by atoms with Crippen molar-refractivity contribution in [2.75, 3.05) is 60.0 Å². The molecule has 80 heavy (non-hydrogen) atoms. The van der Waals surface area contributed by atoms with Gasteiger partial charge in [0.05, 0.1) is 53.5 Å². The summed E-state index contributed by atoms with van der Waals surface area (Å²) in [6.45, 7) is 14.7. The molecule has 0 bridgehead atoms. The van der Waals surface area contributed by atoms with Crippen molar-refractivity contribution in [3.8, 4) is 0 Å². The molecule has 0 saturated carbocycles. The largest absolute Gasteiger partial charge is 0.379 e. The lowest BCUT2D eigenvalue weighted by Gasteiger charge is -2.41. The van der Waals surface area contributed by atoms with Gasteiger partial charge in [-0.2, -0.15) is 10.9 Å². The molecule has 0 radical (unpaired) electrons. The number of methoxy groups -OCH3 is 2. The van der Waals surface area contributed by atoms with Gasteiger partial charge in [-0.05, 0) is 72.4 Å². The molecule has 6 rings (SSSR count). The van der Waals surface area contributed by atoms with Crippen LogP contribution in [0.5, 0.6) is 0 Å². The molecule has 0 spiro atoms. The van der Waals surface area contributed by atoms with Gasteiger partial charge in [0.1, 0.15) is 11.7 Å². The maximum Gasteiger partial charge on any atom is 0.270 e. The van der Waals surface area contributed by atoms with Crippen molar-refractivity contribution in [2.24, 2.45) is 28.7 Å². The Morgan fingerprint density at radius 1 is 0.762 bits per heavy atom. The van der Waals surface area contributed by atoms with E-state index in [1.165, 1.54) is 0 Å². The van der Waals surface area contributed by atoms with Gasteiger partial charge in [0.2, 0.25) is 23.6 Å². The van der Waals surface area contributed by atoms with E-state index in [4.69, 9.17) is 9.47 Å². The molecule has 3 N–H and O–H groups in total. The monoisotopic (exact) mass is 1130 g/mol. The smallest absolute Gasteiger partial charge is 0.270 e. The van der Waals surface area contributed by atoms with Crippen LogP contribution in [0.4, 0.5) is 0 Å². The second-order valence-corrected chi connectivity index (χ2v) is 25.5. The zero-order valence-corrected chi connectivity index (χ0v) is 50.9. The number of likely N-dealkylation sites (N-methyl/N-ethyl adjacent to an activating group) is 2. The molecule has 2 aliphatic heterocycles. The van der Waals surface area contributed by atoms with E-state index in [0.29, 0.717) is 36.7 Å². The summed E-state index contributed by atoms with van der Waals surface area (Å²) in [7, 11) is 7.61. The second-order valence-electron chi connectivity index (χ2n) is 22.3. The number of thiol groups is 1. The summed E-state index contributed by atoms with van der Waals surface area (Å²) in [5.74, 6) is -0.725. The van der Waals surface area contributed by atoms with Crippen LogP contribution in [0.3, 0.4) is 0 Å². The third-order valence-corrected chi connectivity index (χ3v) is 19.3. The highest BCUT2D eigenvalue weighted by atomic mass is 32.2. The average Bonchev–Trinajstić information content (AvgIpc) is 4.27. The Labute approximate surface area is 484 Å². The van der Waals surface area contributed by atoms with Gasteiger partial charge in [0.15, 0.2) is 0 Å². The van der Waals surface area contributed by atoms with Gasteiger partial charge in [0, 0.05) is 51.4 Å². The first-order valence-electron chi connectivity index (χ1n) is 28.4. The third-order valence-electron chi connectivity index (χ3n) is 16.0. The van der Waals surface area contributed by atoms with Crippen molar-refractivity contribution in [3.63, 3.8) is 0 Å². The quantitative estimate of drug-likeness (QED) is 0.0236. The second kappa shape index (κ2) is 30.3. The fourth-order valence-electron chi connectivity index (χ4n) is 11.7. The van der Waals surface area contributed by atoms with Crippen LogP contribution in [-0.4, -0.2) is 146 Å². The Bertz CT molecular complexity index is 2570. The van der Waals surface area contributed by atoms with Crippen LogP contribution in [0.1, 0.15) is 102 Å². The van der Waals surface area contributed by atoms with Gasteiger partial charge in [-0.25, -0.2) is 4.99 Å². The molecule has 4 aromatic rings. The van der Waals surface area contributed by atoms with Crippen LogP contribution in [0.2, 0.25) is 0 Å². The molecule has 1 fully saturated rings. The van der Waals surface area contributed by atoms with Crippen molar-refractivity contribution in [1.29, 1.82) is 0 Å². The zero-order valence-electron chi connectivity index (χ0n) is 49.2. The summed E-state index contributed by atoms with van der Waals surface area (Å²) in [6, 6.07) is 38.9. The molecular formula is C64H89N7O7S2. The van der Waals surface area contributed by atoms with E-state index < -0.39 is 57.9 Å². The molecule has 1 saturated heterocycles. The highest BCUT2D eigenvalue weighted by molar-refractivity contribution is 8.31. The van der Waals surface area contributed by atoms with Gasteiger partial charge < -0.3 is 35.2 Å². The van der Waals surface area contributed by atoms with Crippen LogP contribution in [-0.2, 0) is 38.2 Å². The molecule has 14 nitrogen and oxygen atoms in total. The topological polar surface area (TPSA) is 162 Å². The Hall–Kier alpha value is -5.78. The number of ether oxygens (including phenoxy) is 2. The predicted octanol–water partition coefficient (Wildman–Crippen LogP) is 9.22. The molecule has 434 valence electrons. The number of nitrogens with zero attached hydrogens (tertiary/aromatic N) is 4. The van der Waals surface area contributed by atoms with Crippen LogP contribution in [0.15, 0.2) is 137 Å². The minimum absolute atomic E-state index is 0.0105. The van der Waals surface area contributed by atoms with E-state index in [9.17, 15) is 24.0 Å². The summed E-state index contributed by atoms with van der Waals surface area (Å²) in [6.07, 6.45) is 0.854. The molecule has 2 aliphatic rings. The lowest BCUT2D eigenvalue weighted by Crippen LogP contribution is -2.59. The number of rotatable bonds is 29. The minimum Gasteiger partial charge on any atom is -0.379 e. The lowest BCUT2D eigenvalue weighted by atomic mass is 9.84.